The Morgan fingerprint density at radius 1 is 0.478 bits per heavy atom. The number of carbonyl (C=O) groups excluding carboxylic acids is 2. The normalized spacial score (nSPS) is 12.3. The highest BCUT2D eigenvalue weighted by molar-refractivity contribution is 5.70. The number of allylic oxidation sites excluding steroid dienone is 4. The molecule has 0 amide bonds. The van der Waals surface area contributed by atoms with Gasteiger partial charge in [0.2, 0.25) is 0 Å². The summed E-state index contributed by atoms with van der Waals surface area (Å²) in [4.78, 5) is 24.1. The number of aliphatic hydroxyl groups excluding tert-OH is 1. The molecule has 5 heteroatoms. The van der Waals surface area contributed by atoms with E-state index in [-0.39, 0.29) is 25.2 Å². The summed E-state index contributed by atoms with van der Waals surface area (Å²) in [6, 6.07) is 0. The molecular formula is C41H76O5. The van der Waals surface area contributed by atoms with Gasteiger partial charge in [-0.05, 0) is 44.9 Å². The first kappa shape index (κ1) is 44.4. The van der Waals surface area contributed by atoms with Gasteiger partial charge in [-0.1, -0.05) is 173 Å². The molecule has 0 aliphatic rings. The van der Waals surface area contributed by atoms with Crippen molar-refractivity contribution >= 4 is 11.9 Å². The molecule has 0 unspecified atom stereocenters. The van der Waals surface area contributed by atoms with E-state index in [0.29, 0.717) is 12.8 Å². The van der Waals surface area contributed by atoms with Crippen LogP contribution in [0.25, 0.3) is 0 Å². The first-order valence-electron chi connectivity index (χ1n) is 19.9. The van der Waals surface area contributed by atoms with E-state index in [0.717, 1.165) is 44.9 Å². The summed E-state index contributed by atoms with van der Waals surface area (Å²) in [6.45, 7) is 4.09. The highest BCUT2D eigenvalue weighted by Crippen LogP contribution is 2.14. The van der Waals surface area contributed by atoms with Crippen LogP contribution in [0, 0.1) is 0 Å². The lowest BCUT2D eigenvalue weighted by molar-refractivity contribution is -0.161. The Morgan fingerprint density at radius 3 is 1.30 bits per heavy atom. The van der Waals surface area contributed by atoms with Crippen molar-refractivity contribution in [3.05, 3.63) is 24.3 Å². The van der Waals surface area contributed by atoms with Crippen LogP contribution in [0.5, 0.6) is 0 Å². The number of ether oxygens (including phenoxy) is 2. The molecule has 0 aromatic carbocycles. The highest BCUT2D eigenvalue weighted by Gasteiger charge is 2.16. The maximum atomic E-state index is 12.1. The molecule has 0 aromatic rings. The molecule has 1 atom stereocenters. The average molecular weight is 649 g/mol. The molecule has 0 aliphatic heterocycles. The first-order valence-corrected chi connectivity index (χ1v) is 19.9. The van der Waals surface area contributed by atoms with E-state index in [4.69, 9.17) is 9.47 Å². The smallest absolute Gasteiger partial charge is 0.306 e. The fourth-order valence-electron chi connectivity index (χ4n) is 5.69. The minimum Gasteiger partial charge on any atom is -0.462 e. The molecule has 1 N–H and O–H groups in total. The quantitative estimate of drug-likeness (QED) is 0.0416. The predicted octanol–water partition coefficient (Wildman–Crippen LogP) is 12.3. The molecule has 46 heavy (non-hydrogen) atoms. The van der Waals surface area contributed by atoms with Crippen LogP contribution in [0.4, 0.5) is 0 Å². The standard InChI is InChI=1S/C41H76O5/c1-3-5-7-9-11-13-14-15-16-17-18-19-20-21-22-23-24-25-26-28-29-31-33-35-40(43)45-38-39(37-42)46-41(44)36-34-32-30-27-12-10-8-6-4-2/h23-24,28-29,39,42H,3-22,25-27,30-38H2,1-2H3/b24-23+,29-28+/t39-/m0/s1. The van der Waals surface area contributed by atoms with Crippen LogP contribution in [0.3, 0.4) is 0 Å². The van der Waals surface area contributed by atoms with Gasteiger partial charge in [0.25, 0.3) is 0 Å². The van der Waals surface area contributed by atoms with Gasteiger partial charge in [-0.25, -0.2) is 0 Å². The van der Waals surface area contributed by atoms with Crippen LogP contribution < -0.4 is 0 Å². The number of esters is 2. The number of rotatable bonds is 36. The van der Waals surface area contributed by atoms with Gasteiger partial charge in [0.15, 0.2) is 6.10 Å². The zero-order valence-electron chi connectivity index (χ0n) is 30.6. The third-order valence-electron chi connectivity index (χ3n) is 8.73. The molecule has 0 rings (SSSR count). The number of hydrogen-bond acceptors (Lipinski definition) is 5. The summed E-state index contributed by atoms with van der Waals surface area (Å²) in [6.07, 6.45) is 44.1. The van der Waals surface area contributed by atoms with Crippen LogP contribution in [-0.4, -0.2) is 36.4 Å². The monoisotopic (exact) mass is 649 g/mol. The minimum atomic E-state index is -0.780. The molecule has 5 nitrogen and oxygen atoms in total. The summed E-state index contributed by atoms with van der Waals surface area (Å²) >= 11 is 0. The molecule has 0 aromatic heterocycles. The maximum Gasteiger partial charge on any atom is 0.306 e. The van der Waals surface area contributed by atoms with Crippen molar-refractivity contribution in [2.45, 2.75) is 213 Å². The molecule has 0 saturated heterocycles. The summed E-state index contributed by atoms with van der Waals surface area (Å²) in [7, 11) is 0. The predicted molar refractivity (Wildman–Crippen MR) is 196 cm³/mol. The van der Waals surface area contributed by atoms with Gasteiger partial charge in [-0.2, -0.15) is 0 Å². The van der Waals surface area contributed by atoms with Gasteiger partial charge in [-0.15, -0.1) is 0 Å². The summed E-state index contributed by atoms with van der Waals surface area (Å²) in [5.74, 6) is -0.638. The molecule has 0 aliphatic carbocycles. The number of aliphatic hydroxyl groups is 1. The Morgan fingerprint density at radius 2 is 0.848 bits per heavy atom. The van der Waals surface area contributed by atoms with Crippen molar-refractivity contribution in [3.8, 4) is 0 Å². The molecule has 0 spiro atoms. The second-order valence-electron chi connectivity index (χ2n) is 13.4. The van der Waals surface area contributed by atoms with E-state index in [1.165, 1.54) is 135 Å². The van der Waals surface area contributed by atoms with Gasteiger partial charge >= 0.3 is 11.9 Å². The second-order valence-corrected chi connectivity index (χ2v) is 13.4. The Hall–Kier alpha value is -1.62. The van der Waals surface area contributed by atoms with Crippen LogP contribution in [0.15, 0.2) is 24.3 Å². The number of unbranched alkanes of at least 4 members (excludes halogenated alkanes) is 24. The number of hydrogen-bond donors (Lipinski definition) is 1. The maximum absolute atomic E-state index is 12.1. The zero-order valence-corrected chi connectivity index (χ0v) is 30.6. The molecule has 0 radical (unpaired) electrons. The molecule has 0 saturated carbocycles. The summed E-state index contributed by atoms with van der Waals surface area (Å²) in [5, 5.41) is 9.50. The van der Waals surface area contributed by atoms with E-state index in [1.807, 2.05) is 0 Å². The van der Waals surface area contributed by atoms with Gasteiger partial charge in [0.05, 0.1) is 6.61 Å². The Labute approximate surface area is 285 Å². The van der Waals surface area contributed by atoms with E-state index in [1.54, 1.807) is 0 Å². The SMILES string of the molecule is CCCCCCCCCCCCCCCC/C=C/CC/C=C/CCCC(=O)OC[C@H](CO)OC(=O)CCCCCCCCCCC. The largest absolute Gasteiger partial charge is 0.462 e. The Kier molecular flexibility index (Phi) is 36.5. The van der Waals surface area contributed by atoms with Gasteiger partial charge in [0.1, 0.15) is 6.61 Å². The molecule has 0 bridgehead atoms. The van der Waals surface area contributed by atoms with Crippen molar-refractivity contribution < 1.29 is 24.2 Å². The van der Waals surface area contributed by atoms with Crippen LogP contribution in [0.1, 0.15) is 206 Å². The van der Waals surface area contributed by atoms with Crippen LogP contribution >= 0.6 is 0 Å². The highest BCUT2D eigenvalue weighted by atomic mass is 16.6. The van der Waals surface area contributed by atoms with E-state index in [9.17, 15) is 14.7 Å². The van der Waals surface area contributed by atoms with E-state index in [2.05, 4.69) is 38.2 Å². The number of carbonyl (C=O) groups is 2. The van der Waals surface area contributed by atoms with Crippen molar-refractivity contribution in [1.82, 2.24) is 0 Å². The van der Waals surface area contributed by atoms with Crippen molar-refractivity contribution in [3.63, 3.8) is 0 Å². The van der Waals surface area contributed by atoms with Crippen molar-refractivity contribution in [2.24, 2.45) is 0 Å². The van der Waals surface area contributed by atoms with Crippen LogP contribution in [0.2, 0.25) is 0 Å². The van der Waals surface area contributed by atoms with E-state index >= 15 is 0 Å². The lowest BCUT2D eigenvalue weighted by atomic mass is 10.0. The lowest BCUT2D eigenvalue weighted by Gasteiger charge is -2.15. The van der Waals surface area contributed by atoms with E-state index < -0.39 is 6.10 Å². The summed E-state index contributed by atoms with van der Waals surface area (Å²) < 4.78 is 10.5. The molecule has 0 fully saturated rings. The molecular weight excluding hydrogens is 572 g/mol. The van der Waals surface area contributed by atoms with Crippen molar-refractivity contribution in [2.75, 3.05) is 13.2 Å². The molecule has 270 valence electrons. The lowest BCUT2D eigenvalue weighted by Crippen LogP contribution is -2.28. The second kappa shape index (κ2) is 37.8. The fraction of sp³-hybridized carbons (Fsp3) is 0.854. The zero-order chi connectivity index (χ0) is 33.6. The van der Waals surface area contributed by atoms with Gasteiger partial charge < -0.3 is 14.6 Å². The third-order valence-corrected chi connectivity index (χ3v) is 8.73. The summed E-state index contributed by atoms with van der Waals surface area (Å²) in [5.41, 5.74) is 0. The average Bonchev–Trinajstić information content (AvgIpc) is 3.06. The Balaban J connectivity index is 3.54. The van der Waals surface area contributed by atoms with Gasteiger partial charge in [0, 0.05) is 12.8 Å². The molecule has 0 heterocycles. The topological polar surface area (TPSA) is 72.8 Å². The Bertz CT molecular complexity index is 701. The minimum absolute atomic E-state index is 0.0830. The van der Waals surface area contributed by atoms with Gasteiger partial charge in [-0.3, -0.25) is 9.59 Å². The van der Waals surface area contributed by atoms with Crippen molar-refractivity contribution in [1.29, 1.82) is 0 Å². The third kappa shape index (κ3) is 35.2. The van der Waals surface area contributed by atoms with Crippen LogP contribution in [-0.2, 0) is 19.1 Å². The fourth-order valence-corrected chi connectivity index (χ4v) is 5.69. The first-order chi connectivity index (χ1) is 22.6.